The van der Waals surface area contributed by atoms with Gasteiger partial charge in [-0.1, -0.05) is 26.7 Å². The lowest BCUT2D eigenvalue weighted by atomic mass is 9.82. The van der Waals surface area contributed by atoms with Crippen molar-refractivity contribution in [3.05, 3.63) is 40.1 Å². The number of nitro groups is 1. The van der Waals surface area contributed by atoms with Gasteiger partial charge in [0.15, 0.2) is 0 Å². The second-order valence-electron chi connectivity index (χ2n) is 5.35. The second-order valence-corrected chi connectivity index (χ2v) is 5.35. The van der Waals surface area contributed by atoms with E-state index in [1.807, 2.05) is 6.20 Å². The van der Waals surface area contributed by atoms with Gasteiger partial charge in [0.25, 0.3) is 5.69 Å². The molecule has 0 saturated heterocycles. The average Bonchev–Trinajstić information content (AvgIpc) is 2.82. The fraction of sp³-hybridized carbons (Fsp3) is 0.467. The topological polar surface area (TPSA) is 85.0 Å². The molecule has 0 atom stereocenters. The molecule has 1 aromatic heterocycles. The molecule has 0 amide bonds. The van der Waals surface area contributed by atoms with Gasteiger partial charge in [-0.15, -0.1) is 0 Å². The minimum absolute atomic E-state index is 0.105. The maximum Gasteiger partial charge on any atom is 0.270 e. The van der Waals surface area contributed by atoms with E-state index < -0.39 is 5.54 Å². The highest BCUT2D eigenvalue weighted by molar-refractivity contribution is 5.86. The lowest BCUT2D eigenvalue weighted by molar-refractivity contribution is -0.384. The summed E-state index contributed by atoms with van der Waals surface area (Å²) in [6.07, 6.45) is 5.61. The van der Waals surface area contributed by atoms with Gasteiger partial charge in [-0.25, -0.2) is 0 Å². The zero-order valence-corrected chi connectivity index (χ0v) is 12.0. The van der Waals surface area contributed by atoms with Gasteiger partial charge in [-0.05, 0) is 24.5 Å². The molecule has 0 saturated carbocycles. The van der Waals surface area contributed by atoms with Crippen LogP contribution in [-0.2, 0) is 5.54 Å². The number of aromatic amines is 1. The Bertz CT molecular complexity index is 613. The van der Waals surface area contributed by atoms with E-state index in [1.54, 1.807) is 12.1 Å². The van der Waals surface area contributed by atoms with Crippen LogP contribution in [0.4, 0.5) is 5.69 Å². The van der Waals surface area contributed by atoms with Crippen LogP contribution in [0.15, 0.2) is 24.4 Å². The highest BCUT2D eigenvalue weighted by Gasteiger charge is 2.28. The first-order chi connectivity index (χ1) is 9.51. The van der Waals surface area contributed by atoms with Crippen LogP contribution < -0.4 is 5.73 Å². The van der Waals surface area contributed by atoms with Crippen LogP contribution in [0.1, 0.15) is 45.1 Å². The van der Waals surface area contributed by atoms with Crippen molar-refractivity contribution >= 4 is 16.6 Å². The third-order valence-corrected chi connectivity index (χ3v) is 3.80. The Morgan fingerprint density at radius 1 is 1.30 bits per heavy atom. The maximum absolute atomic E-state index is 10.9. The lowest BCUT2D eigenvalue weighted by Crippen LogP contribution is -2.36. The first kappa shape index (κ1) is 14.5. The molecule has 0 unspecified atom stereocenters. The van der Waals surface area contributed by atoms with Crippen LogP contribution in [0.5, 0.6) is 0 Å². The van der Waals surface area contributed by atoms with Crippen molar-refractivity contribution in [3.8, 4) is 0 Å². The minimum Gasteiger partial charge on any atom is -0.361 e. The normalized spacial score (nSPS) is 11.9. The molecular formula is C15H21N3O2. The number of non-ortho nitro benzene ring substituents is 1. The highest BCUT2D eigenvalue weighted by atomic mass is 16.6. The van der Waals surface area contributed by atoms with Crippen LogP contribution in [0, 0.1) is 10.1 Å². The van der Waals surface area contributed by atoms with Crippen LogP contribution in [-0.4, -0.2) is 9.91 Å². The predicted molar refractivity (Wildman–Crippen MR) is 80.6 cm³/mol. The first-order valence-electron chi connectivity index (χ1n) is 7.06. The molecule has 1 heterocycles. The summed E-state index contributed by atoms with van der Waals surface area (Å²) < 4.78 is 0. The first-order valence-corrected chi connectivity index (χ1v) is 7.06. The summed E-state index contributed by atoms with van der Waals surface area (Å²) in [5.74, 6) is 0. The van der Waals surface area contributed by atoms with E-state index >= 15 is 0 Å². The number of fused-ring (bicyclic) bond motifs is 1. The van der Waals surface area contributed by atoms with E-state index in [2.05, 4.69) is 18.8 Å². The van der Waals surface area contributed by atoms with Crippen molar-refractivity contribution < 1.29 is 4.92 Å². The van der Waals surface area contributed by atoms with Gasteiger partial charge in [-0.3, -0.25) is 10.1 Å². The number of nitrogens with one attached hydrogen (secondary N) is 1. The highest BCUT2D eigenvalue weighted by Crippen LogP contribution is 2.35. The average molecular weight is 275 g/mol. The Hall–Kier alpha value is -1.88. The third kappa shape index (κ3) is 2.54. The van der Waals surface area contributed by atoms with Crippen molar-refractivity contribution in [2.45, 2.75) is 45.1 Å². The number of hydrogen-bond acceptors (Lipinski definition) is 3. The molecule has 0 fully saturated rings. The Morgan fingerprint density at radius 3 is 2.50 bits per heavy atom. The third-order valence-electron chi connectivity index (χ3n) is 3.80. The molecule has 0 aliphatic heterocycles. The van der Waals surface area contributed by atoms with Gasteiger partial charge in [0.05, 0.1) is 4.92 Å². The molecule has 20 heavy (non-hydrogen) atoms. The molecule has 0 aliphatic carbocycles. The summed E-state index contributed by atoms with van der Waals surface area (Å²) in [5.41, 5.74) is 8.15. The standard InChI is InChI=1S/C15H21N3O2/c1-3-7-15(16,8-4-2)13-10-17-14-6-5-11(18(19)20)9-12(13)14/h5-6,9-10,17H,3-4,7-8,16H2,1-2H3. The molecule has 1 aromatic carbocycles. The molecule has 0 spiro atoms. The van der Waals surface area contributed by atoms with E-state index in [0.29, 0.717) is 0 Å². The van der Waals surface area contributed by atoms with Crippen molar-refractivity contribution in [2.24, 2.45) is 5.73 Å². The summed E-state index contributed by atoms with van der Waals surface area (Å²) in [6, 6.07) is 4.88. The maximum atomic E-state index is 10.9. The summed E-state index contributed by atoms with van der Waals surface area (Å²) in [4.78, 5) is 13.8. The molecule has 0 bridgehead atoms. The van der Waals surface area contributed by atoms with Gasteiger partial charge in [0.1, 0.15) is 0 Å². The molecule has 0 radical (unpaired) electrons. The van der Waals surface area contributed by atoms with Gasteiger partial charge >= 0.3 is 0 Å². The number of hydrogen-bond donors (Lipinski definition) is 2. The zero-order chi connectivity index (χ0) is 14.8. The molecule has 0 aliphatic rings. The number of rotatable bonds is 6. The fourth-order valence-electron chi connectivity index (χ4n) is 2.92. The molecule has 3 N–H and O–H groups in total. The number of aromatic nitrogens is 1. The van der Waals surface area contributed by atoms with E-state index in [1.165, 1.54) is 6.07 Å². The quantitative estimate of drug-likeness (QED) is 0.620. The summed E-state index contributed by atoms with van der Waals surface area (Å²) in [6.45, 7) is 4.21. The number of nitrogens with two attached hydrogens (primary N) is 1. The molecule has 5 heteroatoms. The van der Waals surface area contributed by atoms with Gasteiger partial charge in [0, 0.05) is 34.8 Å². The van der Waals surface area contributed by atoms with Crippen LogP contribution in [0.2, 0.25) is 0 Å². The van der Waals surface area contributed by atoms with E-state index in [-0.39, 0.29) is 10.6 Å². The summed E-state index contributed by atoms with van der Waals surface area (Å²) >= 11 is 0. The van der Waals surface area contributed by atoms with Crippen molar-refractivity contribution in [1.29, 1.82) is 0 Å². The second kappa shape index (κ2) is 5.63. The Kier molecular flexibility index (Phi) is 4.09. The van der Waals surface area contributed by atoms with Crippen molar-refractivity contribution in [3.63, 3.8) is 0 Å². The molecule has 5 nitrogen and oxygen atoms in total. The zero-order valence-electron chi connectivity index (χ0n) is 12.0. The van der Waals surface area contributed by atoms with Crippen molar-refractivity contribution in [1.82, 2.24) is 4.98 Å². The Balaban J connectivity index is 2.57. The van der Waals surface area contributed by atoms with Gasteiger partial charge in [0.2, 0.25) is 0 Å². The fourth-order valence-corrected chi connectivity index (χ4v) is 2.92. The smallest absolute Gasteiger partial charge is 0.270 e. The minimum atomic E-state index is -0.420. The molecular weight excluding hydrogens is 254 g/mol. The van der Waals surface area contributed by atoms with Crippen LogP contribution in [0.3, 0.4) is 0 Å². The molecule has 108 valence electrons. The van der Waals surface area contributed by atoms with E-state index in [0.717, 1.165) is 42.1 Å². The summed E-state index contributed by atoms with van der Waals surface area (Å²) in [7, 11) is 0. The number of H-pyrrole nitrogens is 1. The Labute approximate surface area is 118 Å². The number of benzene rings is 1. The largest absolute Gasteiger partial charge is 0.361 e. The van der Waals surface area contributed by atoms with E-state index in [9.17, 15) is 10.1 Å². The number of nitrogens with zero attached hydrogens (tertiary/aromatic N) is 1. The summed E-state index contributed by atoms with van der Waals surface area (Å²) in [5, 5.41) is 11.8. The molecule has 2 rings (SSSR count). The molecule has 2 aromatic rings. The predicted octanol–water partition coefficient (Wildman–Crippen LogP) is 3.83. The van der Waals surface area contributed by atoms with Crippen LogP contribution >= 0.6 is 0 Å². The number of nitro benzene ring substituents is 1. The van der Waals surface area contributed by atoms with E-state index in [4.69, 9.17) is 5.73 Å². The monoisotopic (exact) mass is 275 g/mol. The SMILES string of the molecule is CCCC(N)(CCC)c1c[nH]c2ccc([N+](=O)[O-])cc12. The Morgan fingerprint density at radius 2 is 1.95 bits per heavy atom. The van der Waals surface area contributed by atoms with Crippen molar-refractivity contribution in [2.75, 3.05) is 0 Å². The van der Waals surface area contributed by atoms with Gasteiger partial charge < -0.3 is 10.7 Å². The van der Waals surface area contributed by atoms with Crippen LogP contribution in [0.25, 0.3) is 10.9 Å². The lowest BCUT2D eigenvalue weighted by Gasteiger charge is -2.28. The van der Waals surface area contributed by atoms with Gasteiger partial charge in [-0.2, -0.15) is 0 Å².